The molecule has 0 saturated carbocycles. The maximum absolute atomic E-state index is 11.9. The highest BCUT2D eigenvalue weighted by molar-refractivity contribution is 8.00. The van der Waals surface area contributed by atoms with Crippen molar-refractivity contribution < 1.29 is 26.7 Å². The number of halogens is 3. The van der Waals surface area contributed by atoms with Gasteiger partial charge in [0.1, 0.15) is 0 Å². The molecule has 1 aromatic heterocycles. The number of thioether (sulfide) groups is 1. The standard InChI is InChI=1S/C10H15F3N2O3S2/c1-2-15-6-9(5-8(15)7-16)20(17,18)14-3-4-19-10(11,12)13/h5-6,14,16H,2-4,7H2,1H3. The van der Waals surface area contributed by atoms with Gasteiger partial charge in [0.2, 0.25) is 10.0 Å². The van der Waals surface area contributed by atoms with Crippen LogP contribution in [0.5, 0.6) is 0 Å². The van der Waals surface area contributed by atoms with Crippen molar-refractivity contribution in [1.29, 1.82) is 0 Å². The van der Waals surface area contributed by atoms with Gasteiger partial charge in [-0.05, 0) is 24.8 Å². The van der Waals surface area contributed by atoms with E-state index in [1.54, 1.807) is 11.5 Å². The first-order chi connectivity index (χ1) is 9.19. The minimum atomic E-state index is -4.37. The zero-order chi connectivity index (χ0) is 15.4. The maximum Gasteiger partial charge on any atom is 0.441 e. The van der Waals surface area contributed by atoms with Crippen LogP contribution in [0.25, 0.3) is 0 Å². The van der Waals surface area contributed by atoms with E-state index in [1.165, 1.54) is 12.3 Å². The molecule has 10 heteroatoms. The van der Waals surface area contributed by atoms with Crippen LogP contribution in [0.3, 0.4) is 0 Å². The molecule has 1 heterocycles. The summed E-state index contributed by atoms with van der Waals surface area (Å²) in [6.07, 6.45) is 1.34. The second-order valence-corrected chi connectivity index (χ2v) is 6.73. The lowest BCUT2D eigenvalue weighted by molar-refractivity contribution is -0.0327. The summed E-state index contributed by atoms with van der Waals surface area (Å²) in [5.74, 6) is -0.399. The summed E-state index contributed by atoms with van der Waals surface area (Å²) in [4.78, 5) is -0.0691. The van der Waals surface area contributed by atoms with Crippen LogP contribution in [0, 0.1) is 0 Å². The van der Waals surface area contributed by atoms with Gasteiger partial charge in [-0.2, -0.15) is 13.2 Å². The first kappa shape index (κ1) is 17.3. The summed E-state index contributed by atoms with van der Waals surface area (Å²) in [6, 6.07) is 1.29. The van der Waals surface area contributed by atoms with Gasteiger partial charge in [0.25, 0.3) is 0 Å². The van der Waals surface area contributed by atoms with Gasteiger partial charge in [-0.25, -0.2) is 13.1 Å². The van der Waals surface area contributed by atoms with Gasteiger partial charge in [0, 0.05) is 30.7 Å². The van der Waals surface area contributed by atoms with Crippen molar-refractivity contribution in [3.8, 4) is 0 Å². The Morgan fingerprint density at radius 3 is 2.55 bits per heavy atom. The van der Waals surface area contributed by atoms with Crippen molar-refractivity contribution in [1.82, 2.24) is 9.29 Å². The molecule has 0 aromatic carbocycles. The first-order valence-corrected chi connectivity index (χ1v) is 8.16. The lowest BCUT2D eigenvalue weighted by atomic mass is 10.4. The summed E-state index contributed by atoms with van der Waals surface area (Å²) in [7, 11) is -3.86. The molecule has 0 atom stereocenters. The third-order valence-corrected chi connectivity index (χ3v) is 4.60. The van der Waals surface area contributed by atoms with Crippen LogP contribution in [0.15, 0.2) is 17.2 Å². The minimum Gasteiger partial charge on any atom is -0.390 e. The number of nitrogens with zero attached hydrogens (tertiary/aromatic N) is 1. The fraction of sp³-hybridized carbons (Fsp3) is 0.600. The van der Waals surface area contributed by atoms with Gasteiger partial charge in [0.05, 0.1) is 11.5 Å². The lowest BCUT2D eigenvalue weighted by Crippen LogP contribution is -2.26. The number of sulfonamides is 1. The number of aliphatic hydroxyl groups excluding tert-OH is 1. The fourth-order valence-corrected chi connectivity index (χ4v) is 3.18. The van der Waals surface area contributed by atoms with Crippen LogP contribution >= 0.6 is 11.8 Å². The molecule has 0 radical (unpaired) electrons. The van der Waals surface area contributed by atoms with Crippen LogP contribution in [-0.2, 0) is 23.2 Å². The zero-order valence-electron chi connectivity index (χ0n) is 10.6. The quantitative estimate of drug-likeness (QED) is 0.743. The number of nitrogens with one attached hydrogen (secondary N) is 1. The molecule has 0 saturated heterocycles. The molecule has 0 spiro atoms. The molecule has 1 aromatic rings. The Labute approximate surface area is 119 Å². The average Bonchev–Trinajstić information content (AvgIpc) is 2.77. The fourth-order valence-electron chi connectivity index (χ4n) is 1.52. The predicted molar refractivity (Wildman–Crippen MR) is 69.7 cm³/mol. The van der Waals surface area contributed by atoms with Crippen molar-refractivity contribution in [2.75, 3.05) is 12.3 Å². The molecule has 0 amide bonds. The van der Waals surface area contributed by atoms with E-state index in [-0.39, 0.29) is 29.8 Å². The molecular formula is C10H15F3N2O3S2. The van der Waals surface area contributed by atoms with E-state index in [0.717, 1.165) is 0 Å². The molecule has 5 nitrogen and oxygen atoms in total. The van der Waals surface area contributed by atoms with Gasteiger partial charge in [-0.3, -0.25) is 0 Å². The summed E-state index contributed by atoms with van der Waals surface area (Å²) in [5, 5.41) is 9.07. The molecule has 0 fully saturated rings. The Morgan fingerprint density at radius 2 is 2.10 bits per heavy atom. The van der Waals surface area contributed by atoms with Crippen molar-refractivity contribution in [3.05, 3.63) is 18.0 Å². The van der Waals surface area contributed by atoms with E-state index in [9.17, 15) is 21.6 Å². The summed E-state index contributed by atoms with van der Waals surface area (Å²) >= 11 is -0.285. The summed E-state index contributed by atoms with van der Waals surface area (Å²) < 4.78 is 63.1. The van der Waals surface area contributed by atoms with E-state index < -0.39 is 21.3 Å². The number of hydrogen-bond donors (Lipinski definition) is 2. The van der Waals surface area contributed by atoms with E-state index in [0.29, 0.717) is 12.2 Å². The molecular weight excluding hydrogens is 317 g/mol. The summed E-state index contributed by atoms with van der Waals surface area (Å²) in [5.41, 5.74) is -3.95. The van der Waals surface area contributed by atoms with Gasteiger partial charge in [0.15, 0.2) is 0 Å². The SMILES string of the molecule is CCn1cc(S(=O)(=O)NCCSC(F)(F)F)cc1CO. The smallest absolute Gasteiger partial charge is 0.390 e. The monoisotopic (exact) mass is 332 g/mol. The largest absolute Gasteiger partial charge is 0.441 e. The number of aryl methyl sites for hydroxylation is 1. The maximum atomic E-state index is 11.9. The highest BCUT2D eigenvalue weighted by Crippen LogP contribution is 2.29. The molecule has 0 bridgehead atoms. The normalized spacial score (nSPS) is 12.8. The number of alkyl halides is 3. The van der Waals surface area contributed by atoms with Crippen molar-refractivity contribution >= 4 is 21.8 Å². The molecule has 0 unspecified atom stereocenters. The van der Waals surface area contributed by atoms with Crippen LogP contribution in [0.4, 0.5) is 13.2 Å². The second-order valence-electron chi connectivity index (χ2n) is 3.80. The Bertz CT molecular complexity index is 519. The minimum absolute atomic E-state index is 0.0691. The van der Waals surface area contributed by atoms with Crippen LogP contribution in [0.2, 0.25) is 0 Å². The average molecular weight is 332 g/mol. The number of rotatable bonds is 7. The topological polar surface area (TPSA) is 71.3 Å². The summed E-state index contributed by atoms with van der Waals surface area (Å²) in [6.45, 7) is 1.63. The zero-order valence-corrected chi connectivity index (χ0v) is 12.3. The highest BCUT2D eigenvalue weighted by Gasteiger charge is 2.28. The number of aliphatic hydroxyl groups is 1. The second kappa shape index (κ2) is 6.83. The Hall–Kier alpha value is -0.710. The van der Waals surface area contributed by atoms with E-state index >= 15 is 0 Å². The Kier molecular flexibility index (Phi) is 5.92. The van der Waals surface area contributed by atoms with Gasteiger partial charge >= 0.3 is 5.51 Å². The van der Waals surface area contributed by atoms with Crippen molar-refractivity contribution in [3.63, 3.8) is 0 Å². The van der Waals surface area contributed by atoms with Crippen LogP contribution in [-0.4, -0.2) is 35.9 Å². The predicted octanol–water partition coefficient (Wildman–Crippen LogP) is 1.53. The van der Waals surface area contributed by atoms with Gasteiger partial charge in [-0.1, -0.05) is 0 Å². The van der Waals surface area contributed by atoms with E-state index in [2.05, 4.69) is 4.72 Å². The van der Waals surface area contributed by atoms with Crippen molar-refractivity contribution in [2.24, 2.45) is 0 Å². The third-order valence-electron chi connectivity index (χ3n) is 2.43. The molecule has 0 aliphatic heterocycles. The lowest BCUT2D eigenvalue weighted by Gasteiger charge is -2.06. The van der Waals surface area contributed by atoms with E-state index in [1.807, 2.05) is 0 Å². The Morgan fingerprint density at radius 1 is 1.45 bits per heavy atom. The molecule has 1 rings (SSSR count). The van der Waals surface area contributed by atoms with Crippen LogP contribution < -0.4 is 4.72 Å². The molecule has 20 heavy (non-hydrogen) atoms. The number of hydrogen-bond acceptors (Lipinski definition) is 4. The molecule has 116 valence electrons. The van der Waals surface area contributed by atoms with Gasteiger partial charge < -0.3 is 9.67 Å². The number of aromatic nitrogens is 1. The van der Waals surface area contributed by atoms with Crippen LogP contribution in [0.1, 0.15) is 12.6 Å². The highest BCUT2D eigenvalue weighted by atomic mass is 32.2. The molecule has 0 aliphatic rings. The third kappa shape index (κ3) is 5.00. The Balaban J connectivity index is 2.67. The van der Waals surface area contributed by atoms with E-state index in [4.69, 9.17) is 5.11 Å². The molecule has 0 aliphatic carbocycles. The van der Waals surface area contributed by atoms with Crippen molar-refractivity contribution in [2.45, 2.75) is 30.5 Å². The first-order valence-electron chi connectivity index (χ1n) is 5.70. The molecule has 2 N–H and O–H groups in total. The van der Waals surface area contributed by atoms with Gasteiger partial charge in [-0.15, -0.1) is 0 Å².